The summed E-state index contributed by atoms with van der Waals surface area (Å²) in [7, 11) is 0. The predicted molar refractivity (Wildman–Crippen MR) is 62.9 cm³/mol. The number of hydrogen-bond donors (Lipinski definition) is 1. The first-order chi connectivity index (χ1) is 7.36. The monoisotopic (exact) mass is 204 g/mol. The van der Waals surface area contributed by atoms with Crippen LogP contribution in [0.3, 0.4) is 0 Å². The van der Waals surface area contributed by atoms with Gasteiger partial charge in [-0.3, -0.25) is 4.98 Å². The van der Waals surface area contributed by atoms with Crippen molar-refractivity contribution in [3.8, 4) is 0 Å². The van der Waals surface area contributed by atoms with Crippen molar-refractivity contribution in [2.24, 2.45) is 0 Å². The Morgan fingerprint density at radius 2 is 2.20 bits per heavy atom. The Morgan fingerprint density at radius 3 is 2.93 bits per heavy atom. The van der Waals surface area contributed by atoms with Gasteiger partial charge in [-0.2, -0.15) is 0 Å². The largest absolute Gasteiger partial charge is 0.314 e. The van der Waals surface area contributed by atoms with Gasteiger partial charge in [0, 0.05) is 18.4 Å². The molecule has 0 spiro atoms. The first-order valence-electron chi connectivity index (χ1n) is 5.99. The summed E-state index contributed by atoms with van der Waals surface area (Å²) >= 11 is 0. The molecule has 0 aliphatic heterocycles. The van der Waals surface area contributed by atoms with Crippen LogP contribution < -0.4 is 5.32 Å². The highest BCUT2D eigenvalue weighted by atomic mass is 14.9. The smallest absolute Gasteiger partial charge is 0.0299 e. The van der Waals surface area contributed by atoms with E-state index in [1.165, 1.54) is 36.8 Å². The number of nitrogens with zero attached hydrogens (tertiary/aromatic N) is 1. The summed E-state index contributed by atoms with van der Waals surface area (Å²) in [5.41, 5.74) is 2.74. The highest BCUT2D eigenvalue weighted by molar-refractivity contribution is 5.21. The molecule has 15 heavy (non-hydrogen) atoms. The van der Waals surface area contributed by atoms with E-state index in [1.54, 1.807) is 0 Å². The van der Waals surface area contributed by atoms with Gasteiger partial charge in [-0.05, 0) is 49.9 Å². The van der Waals surface area contributed by atoms with Crippen LogP contribution in [0.1, 0.15) is 36.8 Å². The maximum absolute atomic E-state index is 4.11. The fourth-order valence-corrected chi connectivity index (χ4v) is 2.32. The molecule has 0 atom stereocenters. The molecule has 0 aromatic carbocycles. The normalized spacial score (nSPS) is 17.1. The van der Waals surface area contributed by atoms with Crippen LogP contribution in [0.4, 0.5) is 0 Å². The Balaban J connectivity index is 1.75. The van der Waals surface area contributed by atoms with Crippen LogP contribution in [-0.2, 0) is 6.42 Å². The van der Waals surface area contributed by atoms with E-state index in [4.69, 9.17) is 0 Å². The van der Waals surface area contributed by atoms with Crippen LogP contribution in [-0.4, -0.2) is 17.6 Å². The zero-order valence-electron chi connectivity index (χ0n) is 9.50. The van der Waals surface area contributed by atoms with Gasteiger partial charge >= 0.3 is 0 Å². The molecule has 1 aromatic rings. The third kappa shape index (κ3) is 3.03. The molecule has 0 unspecified atom stereocenters. The fraction of sp³-hybridized carbons (Fsp3) is 0.615. The van der Waals surface area contributed by atoms with Crippen molar-refractivity contribution in [3.63, 3.8) is 0 Å². The SMILES string of the molecule is Cc1cnccc1CCNC1CCCC1. The Kier molecular flexibility index (Phi) is 3.73. The summed E-state index contributed by atoms with van der Waals surface area (Å²) in [6.45, 7) is 3.24. The minimum absolute atomic E-state index is 0.784. The lowest BCUT2D eigenvalue weighted by atomic mass is 10.1. The van der Waals surface area contributed by atoms with E-state index in [0.29, 0.717) is 0 Å². The van der Waals surface area contributed by atoms with E-state index < -0.39 is 0 Å². The molecular weight excluding hydrogens is 184 g/mol. The van der Waals surface area contributed by atoms with E-state index in [-0.39, 0.29) is 0 Å². The summed E-state index contributed by atoms with van der Waals surface area (Å²) in [6, 6.07) is 2.92. The second-order valence-corrected chi connectivity index (χ2v) is 4.49. The van der Waals surface area contributed by atoms with Crippen molar-refractivity contribution in [3.05, 3.63) is 29.6 Å². The van der Waals surface area contributed by atoms with Crippen molar-refractivity contribution in [1.29, 1.82) is 0 Å². The zero-order valence-corrected chi connectivity index (χ0v) is 9.50. The predicted octanol–water partition coefficient (Wildman–Crippen LogP) is 2.46. The van der Waals surface area contributed by atoms with Gasteiger partial charge in [0.25, 0.3) is 0 Å². The lowest BCUT2D eigenvalue weighted by Gasteiger charge is -2.12. The van der Waals surface area contributed by atoms with Crippen molar-refractivity contribution in [1.82, 2.24) is 10.3 Å². The van der Waals surface area contributed by atoms with Gasteiger partial charge in [-0.1, -0.05) is 12.8 Å². The number of aryl methyl sites for hydroxylation is 1. The summed E-state index contributed by atoms with van der Waals surface area (Å²) in [6.07, 6.45) is 10.5. The molecule has 1 aromatic heterocycles. The van der Waals surface area contributed by atoms with E-state index >= 15 is 0 Å². The van der Waals surface area contributed by atoms with Crippen LogP contribution in [0.5, 0.6) is 0 Å². The van der Waals surface area contributed by atoms with Gasteiger partial charge in [0.1, 0.15) is 0 Å². The minimum atomic E-state index is 0.784. The Bertz CT molecular complexity index is 303. The Labute approximate surface area is 92.1 Å². The zero-order chi connectivity index (χ0) is 10.5. The molecule has 0 amide bonds. The molecule has 1 fully saturated rings. The van der Waals surface area contributed by atoms with Crippen LogP contribution in [0.2, 0.25) is 0 Å². The molecule has 2 heteroatoms. The van der Waals surface area contributed by atoms with Gasteiger partial charge in [0.15, 0.2) is 0 Å². The van der Waals surface area contributed by atoms with Gasteiger partial charge in [0.2, 0.25) is 0 Å². The van der Waals surface area contributed by atoms with Crippen molar-refractivity contribution in [2.75, 3.05) is 6.54 Å². The van der Waals surface area contributed by atoms with E-state index in [1.807, 2.05) is 12.4 Å². The van der Waals surface area contributed by atoms with Gasteiger partial charge in [-0.25, -0.2) is 0 Å². The molecule has 82 valence electrons. The maximum Gasteiger partial charge on any atom is 0.0299 e. The lowest BCUT2D eigenvalue weighted by molar-refractivity contribution is 0.527. The van der Waals surface area contributed by atoms with Crippen LogP contribution in [0, 0.1) is 6.92 Å². The summed E-state index contributed by atoms with van der Waals surface area (Å²) in [4.78, 5) is 4.11. The van der Waals surface area contributed by atoms with Gasteiger partial charge in [-0.15, -0.1) is 0 Å². The van der Waals surface area contributed by atoms with Crippen molar-refractivity contribution >= 4 is 0 Å². The second kappa shape index (κ2) is 5.26. The van der Waals surface area contributed by atoms with Crippen LogP contribution in [0.15, 0.2) is 18.5 Å². The topological polar surface area (TPSA) is 24.9 Å². The van der Waals surface area contributed by atoms with Gasteiger partial charge in [0.05, 0.1) is 0 Å². The van der Waals surface area contributed by atoms with Gasteiger partial charge < -0.3 is 5.32 Å². The number of pyridine rings is 1. The number of aromatic nitrogens is 1. The number of nitrogens with one attached hydrogen (secondary N) is 1. The van der Waals surface area contributed by atoms with Crippen LogP contribution >= 0.6 is 0 Å². The molecule has 1 aliphatic rings. The standard InChI is InChI=1S/C13H20N2/c1-11-10-14-8-6-12(11)7-9-15-13-4-2-3-5-13/h6,8,10,13,15H,2-5,7,9H2,1H3. The fourth-order valence-electron chi connectivity index (χ4n) is 2.32. The molecular formula is C13H20N2. The Morgan fingerprint density at radius 1 is 1.40 bits per heavy atom. The lowest BCUT2D eigenvalue weighted by Crippen LogP contribution is -2.28. The summed E-state index contributed by atoms with van der Waals surface area (Å²) in [5, 5.41) is 3.64. The highest BCUT2D eigenvalue weighted by Gasteiger charge is 2.13. The van der Waals surface area contributed by atoms with E-state index in [0.717, 1.165) is 19.0 Å². The minimum Gasteiger partial charge on any atom is -0.314 e. The third-order valence-corrected chi connectivity index (χ3v) is 3.32. The van der Waals surface area contributed by atoms with Crippen LogP contribution in [0.25, 0.3) is 0 Å². The van der Waals surface area contributed by atoms with Crippen molar-refractivity contribution < 1.29 is 0 Å². The first-order valence-corrected chi connectivity index (χ1v) is 5.99. The molecule has 0 saturated heterocycles. The average Bonchev–Trinajstić information content (AvgIpc) is 2.74. The van der Waals surface area contributed by atoms with E-state index in [2.05, 4.69) is 23.3 Å². The number of rotatable bonds is 4. The summed E-state index contributed by atoms with van der Waals surface area (Å²) in [5.74, 6) is 0. The third-order valence-electron chi connectivity index (χ3n) is 3.32. The molecule has 0 radical (unpaired) electrons. The molecule has 1 aliphatic carbocycles. The van der Waals surface area contributed by atoms with E-state index in [9.17, 15) is 0 Å². The second-order valence-electron chi connectivity index (χ2n) is 4.49. The molecule has 1 N–H and O–H groups in total. The molecule has 1 heterocycles. The molecule has 2 rings (SSSR count). The molecule has 0 bridgehead atoms. The Hall–Kier alpha value is -0.890. The first kappa shape index (κ1) is 10.6. The average molecular weight is 204 g/mol. The number of hydrogen-bond acceptors (Lipinski definition) is 2. The van der Waals surface area contributed by atoms with Crippen molar-refractivity contribution in [2.45, 2.75) is 45.1 Å². The summed E-state index contributed by atoms with van der Waals surface area (Å²) < 4.78 is 0. The maximum atomic E-state index is 4.11. The molecule has 2 nitrogen and oxygen atoms in total. The quantitative estimate of drug-likeness (QED) is 0.815. The molecule has 1 saturated carbocycles. The highest BCUT2D eigenvalue weighted by Crippen LogP contribution is 2.17.